The maximum atomic E-state index is 12.5. The van der Waals surface area contributed by atoms with Gasteiger partial charge in [0.05, 0.1) is 17.2 Å². The van der Waals surface area contributed by atoms with Gasteiger partial charge in [-0.3, -0.25) is 14.9 Å². The lowest BCUT2D eigenvalue weighted by Gasteiger charge is -2.61. The van der Waals surface area contributed by atoms with Gasteiger partial charge in [0, 0.05) is 18.6 Å². The summed E-state index contributed by atoms with van der Waals surface area (Å²) in [5.74, 6) is 4.25. The number of aliphatic hydroxyl groups excluding tert-OH is 1. The van der Waals surface area contributed by atoms with E-state index in [0.29, 0.717) is 40.6 Å². The number of benzene rings is 1. The van der Waals surface area contributed by atoms with Gasteiger partial charge in [0.1, 0.15) is 0 Å². The number of rotatable bonds is 7. The lowest BCUT2D eigenvalue weighted by molar-refractivity contribution is -0.384. The first-order valence-corrected chi connectivity index (χ1v) is 14.9. The Morgan fingerprint density at radius 1 is 1.11 bits per heavy atom. The maximum absolute atomic E-state index is 12.5. The van der Waals surface area contributed by atoms with Crippen LogP contribution in [0.5, 0.6) is 0 Å². The molecule has 4 fully saturated rings. The summed E-state index contributed by atoms with van der Waals surface area (Å²) in [6.07, 6.45) is 13.9. The molecule has 9 atom stereocenters. The molecule has 1 amide bonds. The molecule has 0 aromatic heterocycles. The zero-order chi connectivity index (χ0) is 27.1. The van der Waals surface area contributed by atoms with Gasteiger partial charge in [-0.05, 0) is 128 Å². The van der Waals surface area contributed by atoms with E-state index in [1.165, 1.54) is 63.3 Å². The first kappa shape index (κ1) is 27.3. The van der Waals surface area contributed by atoms with Gasteiger partial charge in [-0.1, -0.05) is 20.8 Å². The van der Waals surface area contributed by atoms with Crippen molar-refractivity contribution in [3.05, 3.63) is 39.9 Å². The minimum atomic E-state index is -0.435. The van der Waals surface area contributed by atoms with Crippen LogP contribution < -0.4 is 5.43 Å². The number of amides is 1. The molecule has 0 spiro atoms. The van der Waals surface area contributed by atoms with Crippen molar-refractivity contribution in [2.45, 2.75) is 97.5 Å². The summed E-state index contributed by atoms with van der Waals surface area (Å²) in [5, 5.41) is 25.1. The second-order valence-corrected chi connectivity index (χ2v) is 13.5. The van der Waals surface area contributed by atoms with Crippen molar-refractivity contribution in [3.8, 4) is 0 Å². The highest BCUT2D eigenvalue weighted by atomic mass is 16.6. The van der Waals surface area contributed by atoms with Crippen LogP contribution in [0.15, 0.2) is 29.4 Å². The van der Waals surface area contributed by atoms with Crippen LogP contribution in [0.4, 0.5) is 5.69 Å². The number of fused-ring (bicyclic) bond motifs is 5. The predicted octanol–water partition coefficient (Wildman–Crippen LogP) is 6.48. The number of hydrazone groups is 1. The van der Waals surface area contributed by atoms with Crippen LogP contribution in [-0.4, -0.2) is 28.3 Å². The van der Waals surface area contributed by atoms with E-state index in [4.69, 9.17) is 0 Å². The van der Waals surface area contributed by atoms with E-state index >= 15 is 0 Å². The van der Waals surface area contributed by atoms with Gasteiger partial charge in [-0.25, -0.2) is 5.43 Å². The van der Waals surface area contributed by atoms with Crippen LogP contribution in [-0.2, 0) is 4.79 Å². The number of nitrogens with one attached hydrogen (secondary N) is 1. The van der Waals surface area contributed by atoms with Crippen molar-refractivity contribution in [3.63, 3.8) is 0 Å². The molecule has 7 nitrogen and oxygen atoms in total. The molecule has 0 aliphatic heterocycles. The molecule has 0 saturated heterocycles. The second kappa shape index (κ2) is 10.7. The van der Waals surface area contributed by atoms with Crippen LogP contribution in [0.1, 0.15) is 97.0 Å². The Morgan fingerprint density at radius 2 is 1.82 bits per heavy atom. The maximum Gasteiger partial charge on any atom is 0.269 e. The van der Waals surface area contributed by atoms with Crippen molar-refractivity contribution in [1.82, 2.24) is 5.43 Å². The molecule has 4 aliphatic rings. The van der Waals surface area contributed by atoms with Crippen molar-refractivity contribution in [1.29, 1.82) is 0 Å². The highest BCUT2D eigenvalue weighted by Crippen LogP contribution is 2.68. The number of nitro groups is 1. The number of nitrogens with zero attached hydrogens (tertiary/aromatic N) is 2. The van der Waals surface area contributed by atoms with E-state index in [-0.39, 0.29) is 17.7 Å². The van der Waals surface area contributed by atoms with Gasteiger partial charge in [0.2, 0.25) is 5.91 Å². The molecule has 0 bridgehead atoms. The Morgan fingerprint density at radius 3 is 2.55 bits per heavy atom. The normalized spacial score (nSPS) is 39.2. The number of carbonyl (C=O) groups is 1. The molecule has 4 aliphatic carbocycles. The molecule has 4 saturated carbocycles. The average Bonchev–Trinajstić information content (AvgIpc) is 3.25. The third-order valence-corrected chi connectivity index (χ3v) is 11.7. The molecule has 1 aromatic carbocycles. The SMILES string of the molecule is C[C@H](CCC(=O)N/N=C/c1ccc([N+](=O)[O-])cc1)[C@H]1CC[C@H]2[C@@H]3CC[C@@H]4C[C@H](O)CC[C@]4(C)[C@H]3CC[C@]12C. The number of aliphatic hydroxyl groups is 1. The largest absolute Gasteiger partial charge is 0.393 e. The fourth-order valence-electron chi connectivity index (χ4n) is 9.69. The van der Waals surface area contributed by atoms with Gasteiger partial charge in [0.15, 0.2) is 0 Å². The molecule has 5 rings (SSSR count). The zero-order valence-electron chi connectivity index (χ0n) is 23.3. The Bertz CT molecular complexity index is 1060. The van der Waals surface area contributed by atoms with Crippen LogP contribution >= 0.6 is 0 Å². The Kier molecular flexibility index (Phi) is 7.69. The van der Waals surface area contributed by atoms with E-state index in [0.717, 1.165) is 37.0 Å². The summed E-state index contributed by atoms with van der Waals surface area (Å²) in [5.41, 5.74) is 4.16. The van der Waals surface area contributed by atoms with E-state index < -0.39 is 4.92 Å². The smallest absolute Gasteiger partial charge is 0.269 e. The summed E-state index contributed by atoms with van der Waals surface area (Å²) in [7, 11) is 0. The lowest BCUT2D eigenvalue weighted by Crippen LogP contribution is -2.54. The van der Waals surface area contributed by atoms with E-state index in [9.17, 15) is 20.0 Å². The van der Waals surface area contributed by atoms with Gasteiger partial charge in [-0.2, -0.15) is 5.10 Å². The van der Waals surface area contributed by atoms with E-state index in [2.05, 4.69) is 31.3 Å². The monoisotopic (exact) mass is 523 g/mol. The Balaban J connectivity index is 1.14. The number of hydrogen-bond acceptors (Lipinski definition) is 5. The third kappa shape index (κ3) is 5.03. The molecular formula is C31H45N3O4. The van der Waals surface area contributed by atoms with Crippen LogP contribution in [0.2, 0.25) is 0 Å². The number of hydrogen-bond donors (Lipinski definition) is 2. The molecule has 0 unspecified atom stereocenters. The first-order chi connectivity index (χ1) is 18.1. The molecule has 1 aromatic rings. The third-order valence-electron chi connectivity index (χ3n) is 11.7. The molecule has 7 heteroatoms. The van der Waals surface area contributed by atoms with Crippen LogP contribution in [0.25, 0.3) is 0 Å². The minimum absolute atomic E-state index is 0.0345. The first-order valence-electron chi connectivity index (χ1n) is 14.9. The summed E-state index contributed by atoms with van der Waals surface area (Å²) in [6.45, 7) is 7.47. The molecule has 0 radical (unpaired) electrons. The quantitative estimate of drug-likeness (QED) is 0.242. The number of nitro benzene ring substituents is 1. The molecule has 0 heterocycles. The molecule has 38 heavy (non-hydrogen) atoms. The van der Waals surface area contributed by atoms with E-state index in [1.54, 1.807) is 12.1 Å². The standard InChI is InChI=1S/C31H45N3O4/c1-20(4-13-29(36)33-32-19-21-5-8-23(9-6-21)34(37)38)26-11-12-27-25-10-7-22-18-24(35)14-16-30(22,2)28(25)15-17-31(26,27)3/h5-6,8-9,19-20,22,24-28,35H,4,7,10-18H2,1-3H3,(H,33,36)/b32-19+/t20-,22-,24-,25+,26-,27+,28+,30+,31-/m1/s1. The van der Waals surface area contributed by atoms with Crippen molar-refractivity contribution < 1.29 is 14.8 Å². The summed E-state index contributed by atoms with van der Waals surface area (Å²) in [4.78, 5) is 22.9. The predicted molar refractivity (Wildman–Crippen MR) is 148 cm³/mol. The molecule has 2 N–H and O–H groups in total. The topological polar surface area (TPSA) is 105 Å². The van der Waals surface area contributed by atoms with Gasteiger partial charge >= 0.3 is 0 Å². The summed E-state index contributed by atoms with van der Waals surface area (Å²) >= 11 is 0. The Hall–Kier alpha value is -2.28. The summed E-state index contributed by atoms with van der Waals surface area (Å²) in [6, 6.07) is 6.09. The van der Waals surface area contributed by atoms with Crippen molar-refractivity contribution in [2.24, 2.45) is 51.4 Å². The lowest BCUT2D eigenvalue weighted by atomic mass is 9.44. The highest BCUT2D eigenvalue weighted by Gasteiger charge is 2.60. The van der Waals surface area contributed by atoms with Gasteiger partial charge in [-0.15, -0.1) is 0 Å². The van der Waals surface area contributed by atoms with Crippen LogP contribution in [0.3, 0.4) is 0 Å². The van der Waals surface area contributed by atoms with Gasteiger partial charge in [0.25, 0.3) is 5.69 Å². The second-order valence-electron chi connectivity index (χ2n) is 13.5. The minimum Gasteiger partial charge on any atom is -0.393 e. The van der Waals surface area contributed by atoms with E-state index in [1.807, 2.05) is 0 Å². The van der Waals surface area contributed by atoms with Crippen LogP contribution in [0, 0.1) is 56.5 Å². The van der Waals surface area contributed by atoms with Gasteiger partial charge < -0.3 is 5.11 Å². The van der Waals surface area contributed by atoms with Crippen molar-refractivity contribution in [2.75, 3.05) is 0 Å². The summed E-state index contributed by atoms with van der Waals surface area (Å²) < 4.78 is 0. The highest BCUT2D eigenvalue weighted by molar-refractivity contribution is 5.82. The molecular weight excluding hydrogens is 478 g/mol. The van der Waals surface area contributed by atoms with Crippen molar-refractivity contribution >= 4 is 17.8 Å². The molecule has 208 valence electrons. The number of non-ortho nitro benzene ring substituents is 1. The fourth-order valence-corrected chi connectivity index (χ4v) is 9.69. The Labute approximate surface area is 227 Å². The fraction of sp³-hybridized carbons (Fsp3) is 0.742. The zero-order valence-corrected chi connectivity index (χ0v) is 23.3. The number of carbonyl (C=O) groups excluding carboxylic acids is 1. The average molecular weight is 524 g/mol.